The molecule has 0 fully saturated rings. The van der Waals surface area contributed by atoms with Gasteiger partial charge in [-0.3, -0.25) is 14.9 Å². The third-order valence-corrected chi connectivity index (χ3v) is 2.71. The normalized spacial score (nSPS) is 10.0. The lowest BCUT2D eigenvalue weighted by Crippen LogP contribution is -2.05. The van der Waals surface area contributed by atoms with Crippen LogP contribution in [0.25, 0.3) is 0 Å². The highest BCUT2D eigenvalue weighted by Crippen LogP contribution is 2.32. The Kier molecular flexibility index (Phi) is 4.18. The van der Waals surface area contributed by atoms with E-state index in [1.807, 2.05) is 0 Å². The highest BCUT2D eigenvalue weighted by molar-refractivity contribution is 5.88. The molecule has 0 radical (unpaired) electrons. The third-order valence-electron chi connectivity index (χ3n) is 2.71. The summed E-state index contributed by atoms with van der Waals surface area (Å²) in [5, 5.41) is 13.6. The largest absolute Gasteiger partial charge is 0.450 e. The Morgan fingerprint density at radius 3 is 2.43 bits per heavy atom. The van der Waals surface area contributed by atoms with Crippen LogP contribution in [0.15, 0.2) is 42.5 Å². The summed E-state index contributed by atoms with van der Waals surface area (Å²) < 4.78 is 5.53. The highest BCUT2D eigenvalue weighted by atomic mass is 16.6. The molecule has 2 aromatic carbocycles. The van der Waals surface area contributed by atoms with Gasteiger partial charge >= 0.3 is 5.69 Å². The van der Waals surface area contributed by atoms with Crippen molar-refractivity contribution in [1.29, 1.82) is 0 Å². The maximum Gasteiger partial charge on any atom is 0.311 e. The van der Waals surface area contributed by atoms with Gasteiger partial charge in [0.2, 0.25) is 11.7 Å². The zero-order valence-electron chi connectivity index (χ0n) is 11.6. The van der Waals surface area contributed by atoms with Crippen LogP contribution in [0.2, 0.25) is 0 Å². The second kappa shape index (κ2) is 6.04. The first kappa shape index (κ1) is 14.5. The van der Waals surface area contributed by atoms with E-state index < -0.39 is 4.92 Å². The standard InChI is InChI=1S/C15H14N2O4/c1-10-3-8-15(14(9-10)17(19)20)21-13-6-4-12(5-7-13)16-11(2)18/h3-9H,1-2H3,(H,16,18). The Morgan fingerprint density at radius 1 is 1.19 bits per heavy atom. The maximum atomic E-state index is 11.0. The first-order chi connectivity index (χ1) is 9.95. The Balaban J connectivity index is 2.22. The van der Waals surface area contributed by atoms with Crippen molar-refractivity contribution in [2.75, 3.05) is 5.32 Å². The van der Waals surface area contributed by atoms with Crippen LogP contribution in [0.5, 0.6) is 11.5 Å². The van der Waals surface area contributed by atoms with Gasteiger partial charge in [0.15, 0.2) is 0 Å². The molecule has 1 amide bonds. The van der Waals surface area contributed by atoms with Gasteiger partial charge in [0.1, 0.15) is 5.75 Å². The van der Waals surface area contributed by atoms with E-state index in [1.54, 1.807) is 43.3 Å². The fourth-order valence-electron chi connectivity index (χ4n) is 1.79. The average Bonchev–Trinajstić information content (AvgIpc) is 2.42. The Morgan fingerprint density at radius 2 is 1.86 bits per heavy atom. The van der Waals surface area contributed by atoms with Gasteiger partial charge in [-0.1, -0.05) is 6.07 Å². The van der Waals surface area contributed by atoms with Crippen LogP contribution in [-0.4, -0.2) is 10.8 Å². The lowest BCUT2D eigenvalue weighted by molar-refractivity contribution is -0.385. The number of hydrogen-bond donors (Lipinski definition) is 1. The number of anilines is 1. The van der Waals surface area contributed by atoms with Crippen molar-refractivity contribution in [2.24, 2.45) is 0 Å². The van der Waals surface area contributed by atoms with Gasteiger partial charge in [0, 0.05) is 18.7 Å². The van der Waals surface area contributed by atoms with Gasteiger partial charge < -0.3 is 10.1 Å². The zero-order valence-corrected chi connectivity index (χ0v) is 11.6. The van der Waals surface area contributed by atoms with Crippen LogP contribution in [0.1, 0.15) is 12.5 Å². The smallest absolute Gasteiger partial charge is 0.311 e. The minimum Gasteiger partial charge on any atom is -0.450 e. The van der Waals surface area contributed by atoms with E-state index >= 15 is 0 Å². The molecule has 0 spiro atoms. The van der Waals surface area contributed by atoms with E-state index in [-0.39, 0.29) is 17.3 Å². The quantitative estimate of drug-likeness (QED) is 0.687. The number of nitrogens with zero attached hydrogens (tertiary/aromatic N) is 1. The Hall–Kier alpha value is -2.89. The second-order valence-corrected chi connectivity index (χ2v) is 4.54. The first-order valence-corrected chi connectivity index (χ1v) is 6.26. The number of nitro groups is 1. The molecule has 6 nitrogen and oxygen atoms in total. The maximum absolute atomic E-state index is 11.0. The van der Waals surface area contributed by atoms with Crippen molar-refractivity contribution in [2.45, 2.75) is 13.8 Å². The molecule has 108 valence electrons. The van der Waals surface area contributed by atoms with Crippen molar-refractivity contribution in [1.82, 2.24) is 0 Å². The van der Waals surface area contributed by atoms with Crippen molar-refractivity contribution >= 4 is 17.3 Å². The van der Waals surface area contributed by atoms with Gasteiger partial charge in [-0.25, -0.2) is 0 Å². The molecular weight excluding hydrogens is 272 g/mol. The van der Waals surface area contributed by atoms with Gasteiger partial charge in [-0.15, -0.1) is 0 Å². The molecule has 0 saturated heterocycles. The summed E-state index contributed by atoms with van der Waals surface area (Å²) in [4.78, 5) is 21.5. The second-order valence-electron chi connectivity index (χ2n) is 4.54. The van der Waals surface area contributed by atoms with E-state index in [2.05, 4.69) is 5.32 Å². The molecule has 2 rings (SSSR count). The van der Waals surface area contributed by atoms with Crippen LogP contribution in [0.4, 0.5) is 11.4 Å². The highest BCUT2D eigenvalue weighted by Gasteiger charge is 2.15. The molecule has 0 saturated carbocycles. The van der Waals surface area contributed by atoms with Gasteiger partial charge in [0.05, 0.1) is 4.92 Å². The summed E-state index contributed by atoms with van der Waals surface area (Å²) in [6, 6.07) is 11.4. The van der Waals surface area contributed by atoms with Crippen molar-refractivity contribution in [3.05, 3.63) is 58.1 Å². The van der Waals surface area contributed by atoms with Crippen molar-refractivity contribution < 1.29 is 14.5 Å². The van der Waals surface area contributed by atoms with Crippen molar-refractivity contribution in [3.8, 4) is 11.5 Å². The molecule has 0 aliphatic carbocycles. The van der Waals surface area contributed by atoms with Crippen LogP contribution in [-0.2, 0) is 4.79 Å². The number of amides is 1. The molecule has 0 aliphatic rings. The minimum absolute atomic E-state index is 0.0825. The first-order valence-electron chi connectivity index (χ1n) is 6.26. The van der Waals surface area contributed by atoms with Crippen molar-refractivity contribution in [3.63, 3.8) is 0 Å². The Labute approximate surface area is 121 Å². The van der Waals surface area contributed by atoms with E-state index in [1.165, 1.54) is 13.0 Å². The number of benzene rings is 2. The lowest BCUT2D eigenvalue weighted by atomic mass is 10.2. The average molecular weight is 286 g/mol. The molecule has 6 heteroatoms. The number of hydrogen-bond acceptors (Lipinski definition) is 4. The fourth-order valence-corrected chi connectivity index (χ4v) is 1.79. The molecule has 0 heterocycles. The summed E-state index contributed by atoms with van der Waals surface area (Å²) >= 11 is 0. The summed E-state index contributed by atoms with van der Waals surface area (Å²) in [6.45, 7) is 3.19. The van der Waals surface area contributed by atoms with Crippen LogP contribution < -0.4 is 10.1 Å². The number of nitrogens with one attached hydrogen (secondary N) is 1. The molecule has 0 unspecified atom stereocenters. The SMILES string of the molecule is CC(=O)Nc1ccc(Oc2ccc(C)cc2[N+](=O)[O-])cc1. The lowest BCUT2D eigenvalue weighted by Gasteiger charge is -2.08. The summed E-state index contributed by atoms with van der Waals surface area (Å²) in [6.07, 6.45) is 0. The molecule has 2 aromatic rings. The van der Waals surface area contributed by atoms with Gasteiger partial charge in [-0.2, -0.15) is 0 Å². The number of carbonyl (C=O) groups is 1. The number of nitro benzene ring substituents is 1. The molecule has 0 aliphatic heterocycles. The number of carbonyl (C=O) groups excluding carboxylic acids is 1. The number of aryl methyl sites for hydroxylation is 1. The molecule has 0 aromatic heterocycles. The monoisotopic (exact) mass is 286 g/mol. The van der Waals surface area contributed by atoms with E-state index in [9.17, 15) is 14.9 Å². The number of ether oxygens (including phenoxy) is 1. The third kappa shape index (κ3) is 3.79. The van der Waals surface area contributed by atoms with E-state index in [0.717, 1.165) is 5.56 Å². The van der Waals surface area contributed by atoms with E-state index in [0.29, 0.717) is 11.4 Å². The summed E-state index contributed by atoms with van der Waals surface area (Å²) in [5.41, 5.74) is 1.34. The van der Waals surface area contributed by atoms with Crippen LogP contribution in [0.3, 0.4) is 0 Å². The summed E-state index contributed by atoms with van der Waals surface area (Å²) in [7, 11) is 0. The fraction of sp³-hybridized carbons (Fsp3) is 0.133. The topological polar surface area (TPSA) is 81.5 Å². The van der Waals surface area contributed by atoms with Crippen LogP contribution >= 0.6 is 0 Å². The summed E-state index contributed by atoms with van der Waals surface area (Å²) in [5.74, 6) is 0.465. The Bertz CT molecular complexity index is 681. The van der Waals surface area contributed by atoms with Crippen LogP contribution in [0, 0.1) is 17.0 Å². The molecule has 0 bridgehead atoms. The predicted molar refractivity (Wildman–Crippen MR) is 78.7 cm³/mol. The zero-order chi connectivity index (χ0) is 15.4. The molecular formula is C15H14N2O4. The molecule has 0 atom stereocenters. The molecule has 21 heavy (non-hydrogen) atoms. The van der Waals surface area contributed by atoms with Gasteiger partial charge in [0.25, 0.3) is 0 Å². The van der Waals surface area contributed by atoms with Gasteiger partial charge in [-0.05, 0) is 42.8 Å². The van der Waals surface area contributed by atoms with E-state index in [4.69, 9.17) is 4.74 Å². The number of rotatable bonds is 4. The predicted octanol–water partition coefficient (Wildman–Crippen LogP) is 3.65. The minimum atomic E-state index is -0.478. The molecule has 1 N–H and O–H groups in total.